The van der Waals surface area contributed by atoms with Crippen molar-refractivity contribution >= 4 is 39.1 Å². The van der Waals surface area contributed by atoms with Crippen LogP contribution in [0.25, 0.3) is 22.5 Å². The Morgan fingerprint density at radius 1 is 0.857 bits per heavy atom. The van der Waals surface area contributed by atoms with Gasteiger partial charge < -0.3 is 0 Å². The minimum absolute atomic E-state index is 0.0820. The van der Waals surface area contributed by atoms with E-state index in [9.17, 15) is 0 Å². The third-order valence-electron chi connectivity index (χ3n) is 8.39. The molecule has 2 aromatic carbocycles. The number of hydrogen-bond acceptors (Lipinski definition) is 6. The van der Waals surface area contributed by atoms with Crippen molar-refractivity contribution in [1.29, 1.82) is 0 Å². The van der Waals surface area contributed by atoms with Crippen LogP contribution in [0.2, 0.25) is 13.3 Å². The Bertz CT molecular complexity index is 1540. The Morgan fingerprint density at radius 3 is 2.26 bits per heavy atom. The van der Waals surface area contributed by atoms with Crippen LogP contribution in [0.3, 0.4) is 0 Å². The molecule has 0 saturated heterocycles. The molecule has 0 amide bonds. The van der Waals surface area contributed by atoms with Gasteiger partial charge in [-0.05, 0) is 12.5 Å². The molecule has 9 heteroatoms. The molecule has 0 aliphatic heterocycles. The van der Waals surface area contributed by atoms with Crippen LogP contribution in [0.4, 0.5) is 5.95 Å². The Labute approximate surface area is 253 Å². The molecule has 5 rings (SSSR count). The summed E-state index contributed by atoms with van der Waals surface area (Å²) in [6, 6.07) is 18.6. The zero-order valence-corrected chi connectivity index (χ0v) is 28.4. The summed E-state index contributed by atoms with van der Waals surface area (Å²) >= 11 is -2.66. The first-order valence-electron chi connectivity index (χ1n) is 15.6. The van der Waals surface area contributed by atoms with Crippen LogP contribution < -0.4 is 9.03 Å². The van der Waals surface area contributed by atoms with Crippen molar-refractivity contribution in [2.45, 2.75) is 85.6 Å². The predicted molar refractivity (Wildman–Crippen MR) is 175 cm³/mol. The fourth-order valence-electron chi connectivity index (χ4n) is 5.83. The third kappa shape index (κ3) is 6.85. The van der Waals surface area contributed by atoms with E-state index in [1.807, 2.05) is 39.8 Å². The van der Waals surface area contributed by atoms with Gasteiger partial charge in [0.15, 0.2) is 0 Å². The van der Waals surface area contributed by atoms with Gasteiger partial charge >= 0.3 is 212 Å². The number of hydrogen-bond donors (Lipinski definition) is 1. The number of benzene rings is 2. The van der Waals surface area contributed by atoms with E-state index in [4.69, 9.17) is 15.3 Å². The van der Waals surface area contributed by atoms with Gasteiger partial charge in [0.25, 0.3) is 0 Å². The number of imidazole rings is 1. The number of anilines is 1. The number of unbranched alkanes of at least 4 members (excludes halogenated alkanes) is 3. The quantitative estimate of drug-likeness (QED) is 0.115. The molecule has 0 aliphatic rings. The van der Waals surface area contributed by atoms with Gasteiger partial charge in [0, 0.05) is 0 Å². The average Bonchev–Trinajstić information content (AvgIpc) is 3.70. The SMILES string of the molecule is CCC[CH2][Sn]([CH2]CCC)([CH2]CCC)[c]1cn(-c2ccc3ncn(-c4ccnc(N[C@@H](C)c5ccccc5)n4)c3c2)nn1. The van der Waals surface area contributed by atoms with Gasteiger partial charge in [-0.3, -0.25) is 0 Å². The molecule has 3 aromatic heterocycles. The maximum atomic E-state index is 4.89. The van der Waals surface area contributed by atoms with E-state index in [-0.39, 0.29) is 6.04 Å². The van der Waals surface area contributed by atoms with Gasteiger partial charge in [0.1, 0.15) is 0 Å². The van der Waals surface area contributed by atoms with E-state index >= 15 is 0 Å². The minimum atomic E-state index is -2.66. The summed E-state index contributed by atoms with van der Waals surface area (Å²) in [7, 11) is 0. The van der Waals surface area contributed by atoms with Crippen molar-refractivity contribution in [2.75, 3.05) is 5.32 Å². The van der Waals surface area contributed by atoms with Crippen molar-refractivity contribution in [1.82, 2.24) is 34.5 Å². The zero-order chi connectivity index (χ0) is 29.4. The molecule has 0 spiro atoms. The van der Waals surface area contributed by atoms with Crippen molar-refractivity contribution in [3.63, 3.8) is 0 Å². The summed E-state index contributed by atoms with van der Waals surface area (Å²) < 4.78 is 9.47. The molecule has 0 bridgehead atoms. The van der Waals surface area contributed by atoms with E-state index < -0.39 is 18.4 Å². The van der Waals surface area contributed by atoms with E-state index in [0.29, 0.717) is 5.95 Å². The van der Waals surface area contributed by atoms with Gasteiger partial charge in [-0.2, -0.15) is 0 Å². The van der Waals surface area contributed by atoms with Crippen molar-refractivity contribution < 1.29 is 0 Å². The van der Waals surface area contributed by atoms with E-state index in [2.05, 4.69) is 79.5 Å². The fraction of sp³-hybridized carbons (Fsp3) is 0.424. The fourth-order valence-corrected chi connectivity index (χ4v) is 20.8. The topological polar surface area (TPSA) is 86.3 Å². The molecule has 0 unspecified atom stereocenters. The van der Waals surface area contributed by atoms with Crippen LogP contribution in [0, 0.1) is 0 Å². The Hall–Kier alpha value is -3.27. The monoisotopic (exact) mass is 672 g/mol. The average molecular weight is 671 g/mol. The normalized spacial score (nSPS) is 12.6. The molecule has 0 saturated carbocycles. The first kappa shape index (κ1) is 30.2. The van der Waals surface area contributed by atoms with E-state index in [1.54, 1.807) is 6.20 Å². The molecule has 0 fully saturated rings. The number of nitrogens with one attached hydrogen (secondary N) is 1. The molecule has 1 N–H and O–H groups in total. The van der Waals surface area contributed by atoms with Crippen LogP contribution in [-0.2, 0) is 0 Å². The molecule has 3 heterocycles. The standard InChI is InChI=1S/C21H17N8.3C4H9.Sn/c1-15(16-5-3-2-4-6-16)25-21-22-10-9-20(26-21)28-14-23-18-8-7-17(13-19(18)28)29-12-11-24-27-29;3*1-3-4-2;/h2-10,12-15H,1H3,(H,22,25,26);3*1,3-4H2,2H3;/t15-;;;;/m0..../s1. The molecule has 0 aliphatic carbocycles. The Morgan fingerprint density at radius 2 is 1.57 bits per heavy atom. The number of rotatable bonds is 15. The van der Waals surface area contributed by atoms with Gasteiger partial charge in [-0.1, -0.05) is 30.3 Å². The summed E-state index contributed by atoms with van der Waals surface area (Å²) in [5, 5.41) is 13.0. The van der Waals surface area contributed by atoms with Crippen LogP contribution in [0.5, 0.6) is 0 Å². The second-order valence-electron chi connectivity index (χ2n) is 11.4. The number of fused-ring (bicyclic) bond motifs is 1. The number of aromatic nitrogens is 7. The summed E-state index contributed by atoms with van der Waals surface area (Å²) in [6.07, 6.45) is 13.5. The molecule has 1 atom stereocenters. The molecule has 0 radical (unpaired) electrons. The molecule has 5 aromatic rings. The zero-order valence-electron chi connectivity index (χ0n) is 25.5. The van der Waals surface area contributed by atoms with Gasteiger partial charge in [0.05, 0.1) is 0 Å². The van der Waals surface area contributed by atoms with Crippen molar-refractivity contribution in [2.24, 2.45) is 0 Å². The van der Waals surface area contributed by atoms with Gasteiger partial charge in [0.2, 0.25) is 0 Å². The van der Waals surface area contributed by atoms with Crippen LogP contribution in [-0.4, -0.2) is 52.9 Å². The summed E-state index contributed by atoms with van der Waals surface area (Å²) in [5.41, 5.74) is 4.06. The molecular weight excluding hydrogens is 627 g/mol. The second-order valence-corrected chi connectivity index (χ2v) is 24.5. The summed E-state index contributed by atoms with van der Waals surface area (Å²) in [4.78, 5) is 14.0. The van der Waals surface area contributed by atoms with E-state index in [0.717, 1.165) is 22.5 Å². The Balaban J connectivity index is 1.44. The Kier molecular flexibility index (Phi) is 10.3. The molecule has 42 heavy (non-hydrogen) atoms. The maximum absolute atomic E-state index is 4.89. The second kappa shape index (κ2) is 14.3. The molecular formula is C33H44N8Sn. The van der Waals surface area contributed by atoms with Crippen molar-refractivity contribution in [3.8, 4) is 11.5 Å². The van der Waals surface area contributed by atoms with Crippen LogP contribution in [0.1, 0.15) is 77.8 Å². The molecule has 220 valence electrons. The van der Waals surface area contributed by atoms with Gasteiger partial charge in [-0.15, -0.1) is 0 Å². The van der Waals surface area contributed by atoms with Crippen LogP contribution in [0.15, 0.2) is 73.3 Å². The summed E-state index contributed by atoms with van der Waals surface area (Å²) in [6.45, 7) is 9.05. The third-order valence-corrected chi connectivity index (χ3v) is 23.4. The first-order chi connectivity index (χ1) is 20.6. The van der Waals surface area contributed by atoms with Crippen LogP contribution >= 0.6 is 0 Å². The van der Waals surface area contributed by atoms with E-state index in [1.165, 1.54) is 61.1 Å². The number of nitrogens with zero attached hydrogens (tertiary/aromatic N) is 7. The predicted octanol–water partition coefficient (Wildman–Crippen LogP) is 7.63. The van der Waals surface area contributed by atoms with Crippen molar-refractivity contribution in [3.05, 3.63) is 78.9 Å². The van der Waals surface area contributed by atoms with Gasteiger partial charge in [-0.25, -0.2) is 0 Å². The summed E-state index contributed by atoms with van der Waals surface area (Å²) in [5.74, 6) is 1.35. The first-order valence-corrected chi connectivity index (χ1v) is 23.1. The molecule has 8 nitrogen and oxygen atoms in total.